The van der Waals surface area contributed by atoms with Crippen molar-refractivity contribution in [2.45, 2.75) is 52.5 Å². The molecule has 1 heterocycles. The summed E-state index contributed by atoms with van der Waals surface area (Å²) in [6, 6.07) is 1.11. The number of anilines is 2. The summed E-state index contributed by atoms with van der Waals surface area (Å²) in [5.74, 6) is 0.189. The van der Waals surface area contributed by atoms with Gasteiger partial charge in [-0.2, -0.15) is 0 Å². The molecule has 0 bridgehead atoms. The molecular weight excluding hydrogens is 272 g/mol. The molecule has 3 atom stereocenters. The average Bonchev–Trinajstić information content (AvgIpc) is 2.43. The van der Waals surface area contributed by atoms with Crippen LogP contribution >= 0.6 is 0 Å². The van der Waals surface area contributed by atoms with Gasteiger partial charge in [0.2, 0.25) is 0 Å². The van der Waals surface area contributed by atoms with Crippen molar-refractivity contribution in [1.29, 1.82) is 0 Å². The first-order valence-electron chi connectivity index (χ1n) is 7.87. The highest BCUT2D eigenvalue weighted by atomic mass is 19.1. The van der Waals surface area contributed by atoms with E-state index in [1.165, 1.54) is 0 Å². The van der Waals surface area contributed by atoms with Crippen LogP contribution in [0, 0.1) is 23.5 Å². The molecular formula is C16H25F2N3. The fourth-order valence-corrected chi connectivity index (χ4v) is 2.99. The van der Waals surface area contributed by atoms with Crippen molar-refractivity contribution in [2.24, 2.45) is 11.8 Å². The lowest BCUT2D eigenvalue weighted by Crippen LogP contribution is -2.33. The average molecular weight is 297 g/mol. The van der Waals surface area contributed by atoms with Gasteiger partial charge in [0.25, 0.3) is 0 Å². The quantitative estimate of drug-likeness (QED) is 0.845. The third kappa shape index (κ3) is 4.05. The van der Waals surface area contributed by atoms with E-state index in [-0.39, 0.29) is 17.7 Å². The second-order valence-corrected chi connectivity index (χ2v) is 6.22. The minimum Gasteiger partial charge on any atom is -0.368 e. The normalized spacial score (nSPS) is 25.7. The Morgan fingerprint density at radius 3 is 2.57 bits per heavy atom. The molecule has 1 saturated carbocycles. The van der Waals surface area contributed by atoms with Gasteiger partial charge in [-0.05, 0) is 37.5 Å². The first-order chi connectivity index (χ1) is 10.0. The fraction of sp³-hybridized carbons (Fsp3) is 0.688. The topological polar surface area (TPSA) is 37.0 Å². The van der Waals surface area contributed by atoms with Gasteiger partial charge < -0.3 is 10.6 Å². The van der Waals surface area contributed by atoms with Gasteiger partial charge in [-0.3, -0.25) is 0 Å². The van der Waals surface area contributed by atoms with Gasteiger partial charge >= 0.3 is 0 Å². The summed E-state index contributed by atoms with van der Waals surface area (Å²) in [6.45, 7) is 7.02. The molecule has 21 heavy (non-hydrogen) atoms. The molecule has 2 rings (SSSR count). The minimum absolute atomic E-state index is 0.123. The molecule has 0 saturated heterocycles. The van der Waals surface area contributed by atoms with Crippen molar-refractivity contribution < 1.29 is 8.78 Å². The zero-order chi connectivity index (χ0) is 15.4. The molecule has 118 valence electrons. The lowest BCUT2D eigenvalue weighted by Gasteiger charge is -2.33. The van der Waals surface area contributed by atoms with Crippen LogP contribution in [0.15, 0.2) is 6.07 Å². The third-order valence-electron chi connectivity index (χ3n) is 4.23. The summed E-state index contributed by atoms with van der Waals surface area (Å²) in [4.78, 5) is 4.08. The lowest BCUT2D eigenvalue weighted by molar-refractivity contribution is 0.275. The molecule has 3 unspecified atom stereocenters. The Bertz CT molecular complexity index is 479. The van der Waals surface area contributed by atoms with E-state index in [0.717, 1.165) is 31.7 Å². The molecule has 0 aromatic carbocycles. The first kappa shape index (κ1) is 16.0. The molecule has 3 nitrogen and oxygen atoms in total. The zero-order valence-electron chi connectivity index (χ0n) is 13.0. The SMILES string of the molecule is CCCNc1nc(NC2CCC(C)CC2C)c(F)cc1F. The molecule has 0 radical (unpaired) electrons. The summed E-state index contributed by atoms with van der Waals surface area (Å²) < 4.78 is 27.6. The van der Waals surface area contributed by atoms with Crippen molar-refractivity contribution >= 4 is 11.6 Å². The first-order valence-corrected chi connectivity index (χ1v) is 7.87. The molecule has 5 heteroatoms. The molecule has 1 aromatic rings. The van der Waals surface area contributed by atoms with E-state index in [2.05, 4.69) is 29.5 Å². The maximum atomic E-state index is 13.9. The number of rotatable bonds is 5. The van der Waals surface area contributed by atoms with Gasteiger partial charge in [-0.15, -0.1) is 0 Å². The lowest BCUT2D eigenvalue weighted by atomic mass is 9.80. The van der Waals surface area contributed by atoms with Crippen LogP contribution in [0.5, 0.6) is 0 Å². The van der Waals surface area contributed by atoms with E-state index >= 15 is 0 Å². The van der Waals surface area contributed by atoms with Crippen LogP contribution in [-0.2, 0) is 0 Å². The van der Waals surface area contributed by atoms with Gasteiger partial charge in [-0.25, -0.2) is 13.8 Å². The number of pyridine rings is 1. The number of hydrogen-bond donors (Lipinski definition) is 2. The summed E-state index contributed by atoms with van der Waals surface area (Å²) in [5, 5.41) is 6.06. The molecule has 0 spiro atoms. The van der Waals surface area contributed by atoms with E-state index in [9.17, 15) is 8.78 Å². The summed E-state index contributed by atoms with van der Waals surface area (Å²) in [6.07, 6.45) is 4.12. The predicted octanol–water partition coefficient (Wildman–Crippen LogP) is 4.42. The van der Waals surface area contributed by atoms with E-state index in [1.54, 1.807) is 0 Å². The smallest absolute Gasteiger partial charge is 0.168 e. The maximum Gasteiger partial charge on any atom is 0.168 e. The molecule has 0 aliphatic heterocycles. The van der Waals surface area contributed by atoms with Gasteiger partial charge in [-0.1, -0.05) is 20.8 Å². The van der Waals surface area contributed by atoms with Crippen LogP contribution in [0.25, 0.3) is 0 Å². The minimum atomic E-state index is -0.642. The number of aromatic nitrogens is 1. The third-order valence-corrected chi connectivity index (χ3v) is 4.23. The second kappa shape index (κ2) is 7.05. The second-order valence-electron chi connectivity index (χ2n) is 6.22. The van der Waals surface area contributed by atoms with Crippen LogP contribution in [0.2, 0.25) is 0 Å². The highest BCUT2D eigenvalue weighted by Crippen LogP contribution is 2.31. The molecule has 0 amide bonds. The van der Waals surface area contributed by atoms with Crippen LogP contribution in [0.4, 0.5) is 20.4 Å². The largest absolute Gasteiger partial charge is 0.368 e. The van der Waals surface area contributed by atoms with Crippen molar-refractivity contribution in [2.75, 3.05) is 17.2 Å². The standard InChI is InChI=1S/C16H25F2N3/c1-4-7-19-15-12(17)9-13(18)16(21-15)20-14-6-5-10(2)8-11(14)3/h9-11,14H,4-8H2,1-3H3,(H2,19,20,21). The van der Waals surface area contributed by atoms with Crippen molar-refractivity contribution in [1.82, 2.24) is 4.98 Å². The Kier molecular flexibility index (Phi) is 5.37. The molecule has 1 aromatic heterocycles. The Balaban J connectivity index is 2.11. The molecule has 1 aliphatic rings. The number of hydrogen-bond acceptors (Lipinski definition) is 3. The molecule has 1 aliphatic carbocycles. The zero-order valence-corrected chi connectivity index (χ0v) is 13.0. The van der Waals surface area contributed by atoms with Crippen molar-refractivity contribution in [3.63, 3.8) is 0 Å². The van der Waals surface area contributed by atoms with E-state index < -0.39 is 11.6 Å². The predicted molar refractivity (Wildman–Crippen MR) is 82.5 cm³/mol. The van der Waals surface area contributed by atoms with Crippen LogP contribution in [-0.4, -0.2) is 17.6 Å². The van der Waals surface area contributed by atoms with E-state index in [4.69, 9.17) is 0 Å². The number of nitrogens with one attached hydrogen (secondary N) is 2. The van der Waals surface area contributed by atoms with E-state index in [0.29, 0.717) is 18.4 Å². The monoisotopic (exact) mass is 297 g/mol. The van der Waals surface area contributed by atoms with Gasteiger partial charge in [0.05, 0.1) is 0 Å². The molecule has 2 N–H and O–H groups in total. The van der Waals surface area contributed by atoms with Crippen molar-refractivity contribution in [3.05, 3.63) is 17.7 Å². The van der Waals surface area contributed by atoms with Crippen LogP contribution in [0.1, 0.15) is 46.5 Å². The number of halogens is 2. The van der Waals surface area contributed by atoms with Gasteiger partial charge in [0.1, 0.15) is 0 Å². The summed E-state index contributed by atoms with van der Waals surface area (Å²) >= 11 is 0. The van der Waals surface area contributed by atoms with Gasteiger partial charge in [0.15, 0.2) is 23.3 Å². The number of nitrogens with zero attached hydrogens (tertiary/aromatic N) is 1. The van der Waals surface area contributed by atoms with Crippen LogP contribution < -0.4 is 10.6 Å². The maximum absolute atomic E-state index is 13.9. The van der Waals surface area contributed by atoms with Crippen LogP contribution in [0.3, 0.4) is 0 Å². The van der Waals surface area contributed by atoms with E-state index in [1.807, 2.05) is 6.92 Å². The van der Waals surface area contributed by atoms with Crippen molar-refractivity contribution in [3.8, 4) is 0 Å². The Morgan fingerprint density at radius 2 is 1.90 bits per heavy atom. The van der Waals surface area contributed by atoms with Gasteiger partial charge in [0, 0.05) is 18.7 Å². The fourth-order valence-electron chi connectivity index (χ4n) is 2.99. The Hall–Kier alpha value is -1.39. The summed E-state index contributed by atoms with van der Waals surface area (Å²) in [7, 11) is 0. The molecule has 1 fully saturated rings. The highest BCUT2D eigenvalue weighted by Gasteiger charge is 2.26. The Labute approximate surface area is 125 Å². The highest BCUT2D eigenvalue weighted by molar-refractivity contribution is 5.48. The summed E-state index contributed by atoms with van der Waals surface area (Å²) in [5.41, 5.74) is 0. The Morgan fingerprint density at radius 1 is 1.19 bits per heavy atom.